The van der Waals surface area contributed by atoms with Crippen LogP contribution in [0.15, 0.2) is 48.8 Å². The Morgan fingerprint density at radius 1 is 1.11 bits per heavy atom. The van der Waals surface area contributed by atoms with Crippen LogP contribution in [-0.2, 0) is 19.5 Å². The van der Waals surface area contributed by atoms with E-state index in [2.05, 4.69) is 34.4 Å². The van der Waals surface area contributed by atoms with Gasteiger partial charge in [0.2, 0.25) is 0 Å². The number of para-hydroxylation sites is 1. The molecule has 0 unspecified atom stereocenters. The third kappa shape index (κ3) is 3.02. The van der Waals surface area contributed by atoms with Crippen LogP contribution >= 0.6 is 0 Å². The first-order valence-corrected chi connectivity index (χ1v) is 9.24. The molecule has 0 spiro atoms. The highest BCUT2D eigenvalue weighted by Crippen LogP contribution is 2.31. The molecule has 1 atom stereocenters. The monoisotopic (exact) mass is 359 g/mol. The summed E-state index contributed by atoms with van der Waals surface area (Å²) in [5.74, 6) is 2.73. The zero-order chi connectivity index (χ0) is 18.2. The van der Waals surface area contributed by atoms with Crippen LogP contribution in [0.3, 0.4) is 0 Å². The first kappa shape index (κ1) is 16.2. The molecule has 0 aliphatic carbocycles. The largest absolute Gasteiger partial charge is 0.488 e. The molecular weight excluding hydrogens is 338 g/mol. The number of aromatic nitrogens is 3. The summed E-state index contributed by atoms with van der Waals surface area (Å²) in [6.07, 6.45) is 4.62. The first-order valence-electron chi connectivity index (χ1n) is 9.24. The molecule has 0 bridgehead atoms. The third-order valence-corrected chi connectivity index (χ3v) is 5.16. The summed E-state index contributed by atoms with van der Waals surface area (Å²) in [6, 6.07) is 12.2. The van der Waals surface area contributed by atoms with Crippen LogP contribution in [0.2, 0.25) is 0 Å². The van der Waals surface area contributed by atoms with Crippen molar-refractivity contribution >= 4 is 5.82 Å². The second-order valence-corrected chi connectivity index (χ2v) is 7.07. The van der Waals surface area contributed by atoms with Crippen molar-refractivity contribution < 1.29 is 4.74 Å². The highest BCUT2D eigenvalue weighted by atomic mass is 16.5. The van der Waals surface area contributed by atoms with Gasteiger partial charge in [-0.25, -0.2) is 9.97 Å². The fraction of sp³-hybridized carbons (Fsp3) is 0.286. The Kier molecular flexibility index (Phi) is 3.98. The van der Waals surface area contributed by atoms with Crippen LogP contribution in [0.25, 0.3) is 11.4 Å². The molecule has 136 valence electrons. The molecule has 2 aromatic heterocycles. The molecule has 0 fully saturated rings. The van der Waals surface area contributed by atoms with Crippen molar-refractivity contribution in [2.45, 2.75) is 25.6 Å². The highest BCUT2D eigenvalue weighted by molar-refractivity contribution is 5.60. The predicted octanol–water partition coefficient (Wildman–Crippen LogP) is 2.58. The SMILES string of the molecule is CN(C[C@H]1Cc2ccccc2O1)c1nc(-c2ccncc2)nc2c1CNC2. The number of benzene rings is 1. The second kappa shape index (κ2) is 6.63. The number of nitrogens with zero attached hydrogens (tertiary/aromatic N) is 4. The number of rotatable bonds is 4. The van der Waals surface area contributed by atoms with Gasteiger partial charge in [0.25, 0.3) is 0 Å². The summed E-state index contributed by atoms with van der Waals surface area (Å²) in [5.41, 5.74) is 4.53. The molecule has 0 radical (unpaired) electrons. The van der Waals surface area contributed by atoms with Gasteiger partial charge in [0.1, 0.15) is 17.7 Å². The summed E-state index contributed by atoms with van der Waals surface area (Å²) in [7, 11) is 2.09. The van der Waals surface area contributed by atoms with E-state index in [0.29, 0.717) is 0 Å². The molecule has 2 aliphatic rings. The molecule has 3 aromatic rings. The number of hydrogen-bond donors (Lipinski definition) is 1. The average molecular weight is 359 g/mol. The summed E-state index contributed by atoms with van der Waals surface area (Å²) in [6.45, 7) is 2.37. The topological polar surface area (TPSA) is 63.2 Å². The van der Waals surface area contributed by atoms with Crippen LogP contribution in [0.5, 0.6) is 5.75 Å². The molecular formula is C21H21N5O. The van der Waals surface area contributed by atoms with Gasteiger partial charge in [-0.05, 0) is 23.8 Å². The van der Waals surface area contributed by atoms with Crippen molar-refractivity contribution in [3.05, 3.63) is 65.6 Å². The molecule has 5 rings (SSSR count). The Bertz CT molecular complexity index is 951. The van der Waals surface area contributed by atoms with E-state index >= 15 is 0 Å². The van der Waals surface area contributed by atoms with Crippen molar-refractivity contribution in [3.63, 3.8) is 0 Å². The molecule has 6 heteroatoms. The smallest absolute Gasteiger partial charge is 0.161 e. The first-order chi connectivity index (χ1) is 13.3. The molecule has 4 heterocycles. The zero-order valence-electron chi connectivity index (χ0n) is 15.2. The molecule has 0 saturated heterocycles. The minimum atomic E-state index is 0.136. The predicted molar refractivity (Wildman–Crippen MR) is 104 cm³/mol. The van der Waals surface area contributed by atoms with Gasteiger partial charge in [0.15, 0.2) is 5.82 Å². The Hall–Kier alpha value is -2.99. The summed E-state index contributed by atoms with van der Waals surface area (Å²) in [4.78, 5) is 16.0. The maximum absolute atomic E-state index is 6.12. The third-order valence-electron chi connectivity index (χ3n) is 5.16. The number of ether oxygens (including phenoxy) is 1. The molecule has 6 nitrogen and oxygen atoms in total. The van der Waals surface area contributed by atoms with Crippen LogP contribution < -0.4 is 15.0 Å². The Morgan fingerprint density at radius 2 is 1.96 bits per heavy atom. The minimum absolute atomic E-state index is 0.136. The van der Waals surface area contributed by atoms with E-state index in [-0.39, 0.29) is 6.10 Å². The lowest BCUT2D eigenvalue weighted by atomic mass is 10.1. The number of nitrogens with one attached hydrogen (secondary N) is 1. The lowest BCUT2D eigenvalue weighted by Crippen LogP contribution is -2.33. The van der Waals surface area contributed by atoms with Crippen LogP contribution in [0, 0.1) is 0 Å². The number of pyridine rings is 1. The Labute approximate surface area is 158 Å². The quantitative estimate of drug-likeness (QED) is 0.773. The molecule has 2 aliphatic heterocycles. The number of likely N-dealkylation sites (N-methyl/N-ethyl adjacent to an activating group) is 1. The number of hydrogen-bond acceptors (Lipinski definition) is 6. The van der Waals surface area contributed by atoms with Crippen molar-refractivity contribution in [2.75, 3.05) is 18.5 Å². The van der Waals surface area contributed by atoms with Crippen LogP contribution in [0.4, 0.5) is 5.82 Å². The summed E-state index contributed by atoms with van der Waals surface area (Å²) in [5, 5.41) is 3.40. The van der Waals surface area contributed by atoms with Gasteiger partial charge in [-0.15, -0.1) is 0 Å². The number of fused-ring (bicyclic) bond motifs is 2. The average Bonchev–Trinajstić information content (AvgIpc) is 3.33. The van der Waals surface area contributed by atoms with E-state index < -0.39 is 0 Å². The van der Waals surface area contributed by atoms with E-state index in [1.54, 1.807) is 12.4 Å². The van der Waals surface area contributed by atoms with Gasteiger partial charge < -0.3 is 15.0 Å². The fourth-order valence-corrected chi connectivity index (χ4v) is 3.84. The van der Waals surface area contributed by atoms with Gasteiger partial charge >= 0.3 is 0 Å². The maximum Gasteiger partial charge on any atom is 0.161 e. The van der Waals surface area contributed by atoms with Crippen LogP contribution in [0.1, 0.15) is 16.8 Å². The Morgan fingerprint density at radius 3 is 2.81 bits per heavy atom. The molecule has 1 aromatic carbocycles. The maximum atomic E-state index is 6.12. The highest BCUT2D eigenvalue weighted by Gasteiger charge is 2.27. The van der Waals surface area contributed by atoms with E-state index in [4.69, 9.17) is 14.7 Å². The fourth-order valence-electron chi connectivity index (χ4n) is 3.84. The van der Waals surface area contributed by atoms with Crippen LogP contribution in [-0.4, -0.2) is 34.6 Å². The van der Waals surface area contributed by atoms with Crippen molar-refractivity contribution in [3.8, 4) is 17.1 Å². The molecule has 0 saturated carbocycles. The minimum Gasteiger partial charge on any atom is -0.488 e. The van der Waals surface area contributed by atoms with Gasteiger partial charge in [0.05, 0.1) is 12.2 Å². The van der Waals surface area contributed by atoms with Gasteiger partial charge in [-0.3, -0.25) is 4.98 Å². The van der Waals surface area contributed by atoms with E-state index in [9.17, 15) is 0 Å². The lowest BCUT2D eigenvalue weighted by molar-refractivity contribution is 0.239. The normalized spacial score (nSPS) is 17.3. The summed E-state index contributed by atoms with van der Waals surface area (Å²) >= 11 is 0. The van der Waals surface area contributed by atoms with Crippen molar-refractivity contribution in [1.82, 2.24) is 20.3 Å². The lowest BCUT2D eigenvalue weighted by Gasteiger charge is -2.24. The standard InChI is InChI=1S/C21H21N5O/c1-26(13-16-10-15-4-2-3-5-19(15)27-16)21-17-11-23-12-18(17)24-20(25-21)14-6-8-22-9-7-14/h2-9,16,23H,10-13H2,1H3/t16-/m1/s1. The van der Waals surface area contributed by atoms with Crippen molar-refractivity contribution in [2.24, 2.45) is 0 Å². The van der Waals surface area contributed by atoms with Gasteiger partial charge in [0, 0.05) is 50.1 Å². The van der Waals surface area contributed by atoms with Gasteiger partial charge in [-0.2, -0.15) is 0 Å². The van der Waals surface area contributed by atoms with Gasteiger partial charge in [-0.1, -0.05) is 18.2 Å². The van der Waals surface area contributed by atoms with E-state index in [0.717, 1.165) is 54.7 Å². The molecule has 27 heavy (non-hydrogen) atoms. The molecule has 0 amide bonds. The molecule has 1 N–H and O–H groups in total. The number of anilines is 1. The van der Waals surface area contributed by atoms with Crippen molar-refractivity contribution in [1.29, 1.82) is 0 Å². The van der Waals surface area contributed by atoms with E-state index in [1.165, 1.54) is 11.1 Å². The van der Waals surface area contributed by atoms with E-state index in [1.807, 2.05) is 24.3 Å². The Balaban J connectivity index is 1.43. The zero-order valence-corrected chi connectivity index (χ0v) is 15.2. The second-order valence-electron chi connectivity index (χ2n) is 7.07. The summed E-state index contributed by atoms with van der Waals surface area (Å²) < 4.78 is 6.12.